The number of fused-ring (bicyclic) bond motifs is 3. The van der Waals surface area contributed by atoms with E-state index in [-0.39, 0.29) is 0 Å². The normalized spacial score (nSPS) is 12.5. The van der Waals surface area contributed by atoms with Crippen LogP contribution in [0.2, 0.25) is 0 Å². The van der Waals surface area contributed by atoms with E-state index in [4.69, 9.17) is 15.0 Å². The van der Waals surface area contributed by atoms with Crippen LogP contribution >= 0.6 is 11.3 Å². The molecule has 0 N–H and O–H groups in total. The van der Waals surface area contributed by atoms with Gasteiger partial charge in [-0.25, -0.2) is 4.98 Å². The minimum atomic E-state index is 0.367. The molecular formula is C19H14N2OS. The van der Waals surface area contributed by atoms with Crippen molar-refractivity contribution in [3.63, 3.8) is 0 Å². The predicted octanol–water partition coefficient (Wildman–Crippen LogP) is 4.48. The highest BCUT2D eigenvalue weighted by Gasteiger charge is 2.20. The summed E-state index contributed by atoms with van der Waals surface area (Å²) in [6, 6.07) is 18.7. The maximum absolute atomic E-state index is 8.92. The molecule has 0 saturated carbocycles. The largest absolute Gasteiger partial charge is 0.493 e. The second-order valence-corrected chi connectivity index (χ2v) is 6.56. The number of hydrogen-bond donors (Lipinski definition) is 0. The summed E-state index contributed by atoms with van der Waals surface area (Å²) in [6.07, 6.45) is 1.21. The molecule has 23 heavy (non-hydrogen) atoms. The van der Waals surface area contributed by atoms with Gasteiger partial charge in [-0.2, -0.15) is 5.26 Å². The van der Waals surface area contributed by atoms with Crippen molar-refractivity contribution < 1.29 is 4.74 Å². The number of nitrogens with zero attached hydrogens (tertiary/aromatic N) is 2. The Morgan fingerprint density at radius 1 is 1.13 bits per heavy atom. The van der Waals surface area contributed by atoms with Crippen LogP contribution in [-0.4, -0.2) is 11.6 Å². The van der Waals surface area contributed by atoms with E-state index in [0.717, 1.165) is 34.0 Å². The number of aromatic nitrogens is 1. The van der Waals surface area contributed by atoms with E-state index in [2.05, 4.69) is 30.3 Å². The molecule has 0 bridgehead atoms. The molecule has 0 radical (unpaired) electrons. The standard InChI is InChI=1S/C19H14N2OS/c20-10-8-18-21-19-15-12-14(13-4-2-1-3-5-13)6-7-16(15)22-11-9-17(19)23-18/h1-7,12H,8-9,11H2. The Morgan fingerprint density at radius 2 is 2.00 bits per heavy atom. The van der Waals surface area contributed by atoms with E-state index in [1.54, 1.807) is 11.3 Å². The molecule has 1 aliphatic heterocycles. The highest BCUT2D eigenvalue weighted by Crippen LogP contribution is 2.39. The second kappa shape index (κ2) is 5.86. The van der Waals surface area contributed by atoms with Crippen molar-refractivity contribution >= 4 is 11.3 Å². The Kier molecular flexibility index (Phi) is 3.57. The van der Waals surface area contributed by atoms with Gasteiger partial charge in [-0.05, 0) is 23.3 Å². The van der Waals surface area contributed by atoms with Crippen LogP contribution in [-0.2, 0) is 12.8 Å². The third-order valence-electron chi connectivity index (χ3n) is 3.90. The first kappa shape index (κ1) is 14.0. The summed E-state index contributed by atoms with van der Waals surface area (Å²) in [5, 5.41) is 9.80. The van der Waals surface area contributed by atoms with Crippen LogP contribution in [0, 0.1) is 11.3 Å². The van der Waals surface area contributed by atoms with Crippen molar-refractivity contribution in [2.45, 2.75) is 12.8 Å². The molecule has 0 spiro atoms. The maximum atomic E-state index is 8.92. The molecule has 1 aromatic heterocycles. The van der Waals surface area contributed by atoms with Crippen molar-refractivity contribution in [1.29, 1.82) is 5.26 Å². The molecule has 0 saturated heterocycles. The fraction of sp³-hybridized carbons (Fsp3) is 0.158. The molecule has 0 fully saturated rings. The van der Waals surface area contributed by atoms with Crippen LogP contribution in [0.25, 0.3) is 22.4 Å². The molecule has 2 aromatic carbocycles. The van der Waals surface area contributed by atoms with E-state index in [0.29, 0.717) is 13.0 Å². The Hall–Kier alpha value is -2.64. The average molecular weight is 318 g/mol. The average Bonchev–Trinajstić information content (AvgIpc) is 2.91. The second-order valence-electron chi connectivity index (χ2n) is 5.39. The minimum Gasteiger partial charge on any atom is -0.493 e. The van der Waals surface area contributed by atoms with Gasteiger partial charge in [-0.1, -0.05) is 36.4 Å². The van der Waals surface area contributed by atoms with Crippen LogP contribution in [0.3, 0.4) is 0 Å². The van der Waals surface area contributed by atoms with Gasteiger partial charge in [0.15, 0.2) is 0 Å². The van der Waals surface area contributed by atoms with E-state index >= 15 is 0 Å². The summed E-state index contributed by atoms with van der Waals surface area (Å²) < 4.78 is 5.88. The summed E-state index contributed by atoms with van der Waals surface area (Å²) in [7, 11) is 0. The van der Waals surface area contributed by atoms with Crippen molar-refractivity contribution in [1.82, 2.24) is 4.98 Å². The summed E-state index contributed by atoms with van der Waals surface area (Å²) in [5.74, 6) is 0.872. The van der Waals surface area contributed by atoms with E-state index in [1.807, 2.05) is 24.3 Å². The van der Waals surface area contributed by atoms with Gasteiger partial charge in [0.1, 0.15) is 10.8 Å². The molecule has 4 heteroatoms. The lowest BCUT2D eigenvalue weighted by atomic mass is 10.0. The topological polar surface area (TPSA) is 45.9 Å². The molecule has 0 amide bonds. The molecule has 1 aliphatic rings. The summed E-state index contributed by atoms with van der Waals surface area (Å²) in [4.78, 5) is 5.90. The lowest BCUT2D eigenvalue weighted by Gasteiger charge is -2.09. The SMILES string of the molecule is N#CCc1nc2c(s1)CCOc1ccc(-c3ccccc3)cc1-2. The van der Waals surface area contributed by atoms with Gasteiger partial charge in [0.05, 0.1) is 24.8 Å². The van der Waals surface area contributed by atoms with Crippen LogP contribution in [0.5, 0.6) is 5.75 Å². The van der Waals surface area contributed by atoms with Crippen molar-refractivity contribution in [2.75, 3.05) is 6.61 Å². The third-order valence-corrected chi connectivity index (χ3v) is 5.02. The van der Waals surface area contributed by atoms with E-state index in [1.165, 1.54) is 10.4 Å². The van der Waals surface area contributed by atoms with Gasteiger partial charge in [-0.3, -0.25) is 0 Å². The van der Waals surface area contributed by atoms with E-state index in [9.17, 15) is 0 Å². The maximum Gasteiger partial charge on any atom is 0.128 e. The smallest absolute Gasteiger partial charge is 0.128 e. The molecule has 0 aliphatic carbocycles. The zero-order chi connectivity index (χ0) is 15.6. The first-order valence-corrected chi connectivity index (χ1v) is 8.35. The van der Waals surface area contributed by atoms with Gasteiger partial charge < -0.3 is 4.74 Å². The molecule has 3 aromatic rings. The van der Waals surface area contributed by atoms with Crippen LogP contribution in [0.4, 0.5) is 0 Å². The van der Waals surface area contributed by atoms with Gasteiger partial charge >= 0.3 is 0 Å². The van der Waals surface area contributed by atoms with Crippen molar-refractivity contribution in [3.05, 3.63) is 58.4 Å². The zero-order valence-corrected chi connectivity index (χ0v) is 13.3. The Labute approximate surface area is 138 Å². The number of thiazole rings is 1. The van der Waals surface area contributed by atoms with Gasteiger partial charge in [0.2, 0.25) is 0 Å². The van der Waals surface area contributed by atoms with Gasteiger partial charge in [-0.15, -0.1) is 11.3 Å². The number of benzene rings is 2. The van der Waals surface area contributed by atoms with Crippen molar-refractivity contribution in [3.8, 4) is 34.2 Å². The lowest BCUT2D eigenvalue weighted by Crippen LogP contribution is -1.97. The van der Waals surface area contributed by atoms with Crippen LogP contribution in [0.15, 0.2) is 48.5 Å². The number of hydrogen-bond acceptors (Lipinski definition) is 4. The first-order chi connectivity index (χ1) is 11.3. The molecule has 4 rings (SSSR count). The van der Waals surface area contributed by atoms with Gasteiger partial charge in [0, 0.05) is 16.9 Å². The first-order valence-electron chi connectivity index (χ1n) is 7.53. The molecule has 2 heterocycles. The summed E-state index contributed by atoms with van der Waals surface area (Å²) in [6.45, 7) is 0.652. The molecular weight excluding hydrogens is 304 g/mol. The van der Waals surface area contributed by atoms with E-state index < -0.39 is 0 Å². The predicted molar refractivity (Wildman–Crippen MR) is 91.5 cm³/mol. The quantitative estimate of drug-likeness (QED) is 0.700. The van der Waals surface area contributed by atoms with Gasteiger partial charge in [0.25, 0.3) is 0 Å². The summed E-state index contributed by atoms with van der Waals surface area (Å²) in [5.41, 5.74) is 4.33. The molecule has 0 unspecified atom stereocenters. The summed E-state index contributed by atoms with van der Waals surface area (Å²) >= 11 is 1.62. The fourth-order valence-electron chi connectivity index (χ4n) is 2.83. The number of nitriles is 1. The number of ether oxygens (including phenoxy) is 1. The minimum absolute atomic E-state index is 0.367. The fourth-order valence-corrected chi connectivity index (χ4v) is 3.82. The molecule has 112 valence electrons. The highest BCUT2D eigenvalue weighted by atomic mass is 32.1. The van der Waals surface area contributed by atoms with Crippen molar-refractivity contribution in [2.24, 2.45) is 0 Å². The monoisotopic (exact) mass is 318 g/mol. The Morgan fingerprint density at radius 3 is 2.83 bits per heavy atom. The van der Waals surface area contributed by atoms with Crippen LogP contribution < -0.4 is 4.74 Å². The zero-order valence-electron chi connectivity index (χ0n) is 12.5. The van der Waals surface area contributed by atoms with Crippen LogP contribution in [0.1, 0.15) is 9.88 Å². The Bertz CT molecular complexity index is 893. The molecule has 0 atom stereocenters. The lowest BCUT2D eigenvalue weighted by molar-refractivity contribution is 0.327. The number of rotatable bonds is 2. The highest BCUT2D eigenvalue weighted by molar-refractivity contribution is 7.12. The Balaban J connectivity index is 1.86. The molecule has 3 nitrogen and oxygen atoms in total. The third kappa shape index (κ3) is 2.60.